The Morgan fingerprint density at radius 2 is 2.00 bits per heavy atom. The smallest absolute Gasteiger partial charge is 0.323 e. The summed E-state index contributed by atoms with van der Waals surface area (Å²) in [5, 5.41) is 8.72. The van der Waals surface area contributed by atoms with Crippen LogP contribution in [-0.4, -0.2) is 41.6 Å². The minimum absolute atomic E-state index is 0.160. The molecule has 1 rings (SSSR count). The first kappa shape index (κ1) is 14.6. The van der Waals surface area contributed by atoms with Crippen LogP contribution in [0.25, 0.3) is 0 Å². The van der Waals surface area contributed by atoms with Gasteiger partial charge in [-0.2, -0.15) is 0 Å². The minimum atomic E-state index is -1.04. The third-order valence-electron chi connectivity index (χ3n) is 2.42. The van der Waals surface area contributed by atoms with Crippen LogP contribution >= 0.6 is 0 Å². The molecule has 5 heteroatoms. The van der Waals surface area contributed by atoms with E-state index in [-0.39, 0.29) is 19.1 Å². The highest BCUT2D eigenvalue weighted by Gasteiger charge is 2.16. The Morgan fingerprint density at radius 1 is 1.37 bits per heavy atom. The number of carboxylic acids is 1. The summed E-state index contributed by atoms with van der Waals surface area (Å²) in [7, 11) is 0. The molecule has 0 saturated heterocycles. The fraction of sp³-hybridized carbons (Fsp3) is 0.286. The van der Waals surface area contributed by atoms with Crippen molar-refractivity contribution in [3.05, 3.63) is 29.8 Å². The van der Waals surface area contributed by atoms with E-state index in [1.807, 2.05) is 0 Å². The van der Waals surface area contributed by atoms with Gasteiger partial charge in [0.15, 0.2) is 0 Å². The van der Waals surface area contributed by atoms with E-state index < -0.39 is 5.97 Å². The van der Waals surface area contributed by atoms with Gasteiger partial charge in [-0.3, -0.25) is 9.59 Å². The van der Waals surface area contributed by atoms with Crippen LogP contribution in [0, 0.1) is 12.3 Å². The summed E-state index contributed by atoms with van der Waals surface area (Å²) in [5.74, 6) is 1.54. The van der Waals surface area contributed by atoms with Gasteiger partial charge in [0.1, 0.15) is 18.9 Å². The normalized spacial score (nSPS) is 9.47. The average molecular weight is 261 g/mol. The van der Waals surface area contributed by atoms with Gasteiger partial charge in [-0.1, -0.05) is 5.92 Å². The Morgan fingerprint density at radius 3 is 2.47 bits per heavy atom. The number of carbonyl (C=O) groups excluding carboxylic acids is 1. The van der Waals surface area contributed by atoms with Crippen molar-refractivity contribution in [1.29, 1.82) is 0 Å². The molecule has 100 valence electrons. The van der Waals surface area contributed by atoms with Gasteiger partial charge in [0.05, 0.1) is 0 Å². The van der Waals surface area contributed by atoms with Gasteiger partial charge in [0, 0.05) is 12.1 Å². The molecule has 0 unspecified atom stereocenters. The number of amides is 1. The highest BCUT2D eigenvalue weighted by atomic mass is 16.5. The van der Waals surface area contributed by atoms with E-state index in [4.69, 9.17) is 16.3 Å². The number of carboxylic acid groups (broad SMARTS) is 1. The number of ether oxygens (including phenoxy) is 1. The van der Waals surface area contributed by atoms with Gasteiger partial charge in [0.25, 0.3) is 5.91 Å². The lowest BCUT2D eigenvalue weighted by molar-refractivity contribution is -0.137. The van der Waals surface area contributed by atoms with E-state index in [1.54, 1.807) is 31.2 Å². The van der Waals surface area contributed by atoms with E-state index in [1.165, 1.54) is 4.90 Å². The van der Waals surface area contributed by atoms with Crippen LogP contribution in [0.3, 0.4) is 0 Å². The van der Waals surface area contributed by atoms with Crippen molar-refractivity contribution in [2.75, 3.05) is 19.7 Å². The monoisotopic (exact) mass is 261 g/mol. The first-order valence-electron chi connectivity index (χ1n) is 5.75. The Kier molecular flexibility index (Phi) is 5.42. The second-order valence-corrected chi connectivity index (χ2v) is 3.73. The minimum Gasteiger partial charge on any atom is -0.481 e. The summed E-state index contributed by atoms with van der Waals surface area (Å²) in [6.45, 7) is 1.91. The molecule has 0 spiro atoms. The number of likely N-dealkylation sites (N-methyl/N-ethyl adjacent to an activating group) is 1. The van der Waals surface area contributed by atoms with Gasteiger partial charge in [-0.15, -0.1) is 6.42 Å². The van der Waals surface area contributed by atoms with Gasteiger partial charge < -0.3 is 14.7 Å². The molecule has 0 saturated carbocycles. The van der Waals surface area contributed by atoms with Crippen LogP contribution in [0.4, 0.5) is 0 Å². The number of carbonyl (C=O) groups is 2. The summed E-state index contributed by atoms with van der Waals surface area (Å²) >= 11 is 0. The molecule has 0 radical (unpaired) electrons. The SMILES string of the molecule is C#CCOc1ccc(C(=O)N(CC)CC(=O)O)cc1. The molecular weight excluding hydrogens is 246 g/mol. The number of terminal acetylenes is 1. The Labute approximate surface area is 111 Å². The summed E-state index contributed by atoms with van der Waals surface area (Å²) in [4.78, 5) is 23.9. The third kappa shape index (κ3) is 4.36. The van der Waals surface area contributed by atoms with Crippen molar-refractivity contribution in [2.24, 2.45) is 0 Å². The predicted molar refractivity (Wildman–Crippen MR) is 70.0 cm³/mol. The topological polar surface area (TPSA) is 66.8 Å². The molecule has 1 N–H and O–H groups in total. The quantitative estimate of drug-likeness (QED) is 0.782. The molecule has 0 aliphatic rings. The standard InChI is InChI=1S/C14H15NO4/c1-3-9-19-12-7-5-11(6-8-12)14(18)15(4-2)10-13(16)17/h1,5-8H,4,9-10H2,2H3,(H,16,17). The summed E-state index contributed by atoms with van der Waals surface area (Å²) in [5.41, 5.74) is 0.413. The molecule has 0 bridgehead atoms. The summed E-state index contributed by atoms with van der Waals surface area (Å²) < 4.78 is 5.19. The number of nitrogens with zero attached hydrogens (tertiary/aromatic N) is 1. The second-order valence-electron chi connectivity index (χ2n) is 3.73. The fourth-order valence-corrected chi connectivity index (χ4v) is 1.49. The molecule has 0 aliphatic heterocycles. The lowest BCUT2D eigenvalue weighted by Gasteiger charge is -2.18. The van der Waals surface area contributed by atoms with E-state index in [9.17, 15) is 9.59 Å². The molecule has 0 heterocycles. The zero-order chi connectivity index (χ0) is 14.3. The van der Waals surface area contributed by atoms with Crippen molar-refractivity contribution >= 4 is 11.9 Å². The molecule has 1 aromatic rings. The molecule has 0 fully saturated rings. The molecular formula is C14H15NO4. The first-order valence-corrected chi connectivity index (χ1v) is 5.75. The maximum absolute atomic E-state index is 12.0. The van der Waals surface area contributed by atoms with Crippen molar-refractivity contribution in [3.8, 4) is 18.1 Å². The molecule has 0 aliphatic carbocycles. The number of benzene rings is 1. The first-order chi connectivity index (χ1) is 9.08. The summed E-state index contributed by atoms with van der Waals surface area (Å²) in [6, 6.07) is 6.41. The van der Waals surface area contributed by atoms with Crippen molar-refractivity contribution < 1.29 is 19.4 Å². The van der Waals surface area contributed by atoms with Crippen LogP contribution < -0.4 is 4.74 Å². The highest BCUT2D eigenvalue weighted by molar-refractivity contribution is 5.95. The van der Waals surface area contributed by atoms with E-state index in [0.29, 0.717) is 17.9 Å². The van der Waals surface area contributed by atoms with Crippen LogP contribution in [0.2, 0.25) is 0 Å². The molecule has 19 heavy (non-hydrogen) atoms. The number of hydrogen-bond donors (Lipinski definition) is 1. The second kappa shape index (κ2) is 7.07. The third-order valence-corrected chi connectivity index (χ3v) is 2.42. The van der Waals surface area contributed by atoms with Gasteiger partial charge in [-0.05, 0) is 31.2 Å². The largest absolute Gasteiger partial charge is 0.481 e. The molecule has 1 aromatic carbocycles. The van der Waals surface area contributed by atoms with Crippen LogP contribution in [0.5, 0.6) is 5.75 Å². The van der Waals surface area contributed by atoms with E-state index >= 15 is 0 Å². The van der Waals surface area contributed by atoms with E-state index in [2.05, 4.69) is 5.92 Å². The van der Waals surface area contributed by atoms with Crippen LogP contribution in [-0.2, 0) is 4.79 Å². The maximum Gasteiger partial charge on any atom is 0.323 e. The Bertz CT molecular complexity index is 487. The molecule has 0 aromatic heterocycles. The Hall–Kier alpha value is -2.48. The van der Waals surface area contributed by atoms with Gasteiger partial charge in [-0.25, -0.2) is 0 Å². The predicted octanol–water partition coefficient (Wildman–Crippen LogP) is 1.25. The highest BCUT2D eigenvalue weighted by Crippen LogP contribution is 2.13. The van der Waals surface area contributed by atoms with Crippen LogP contribution in [0.15, 0.2) is 24.3 Å². The fourth-order valence-electron chi connectivity index (χ4n) is 1.49. The molecule has 1 amide bonds. The van der Waals surface area contributed by atoms with Crippen molar-refractivity contribution in [3.63, 3.8) is 0 Å². The number of hydrogen-bond acceptors (Lipinski definition) is 3. The summed E-state index contributed by atoms with van der Waals surface area (Å²) in [6.07, 6.45) is 5.07. The molecule has 5 nitrogen and oxygen atoms in total. The maximum atomic E-state index is 12.0. The number of rotatable bonds is 6. The molecule has 0 atom stereocenters. The Balaban J connectivity index is 2.76. The van der Waals surface area contributed by atoms with Crippen molar-refractivity contribution in [2.45, 2.75) is 6.92 Å². The lowest BCUT2D eigenvalue weighted by atomic mass is 10.2. The average Bonchev–Trinajstić information content (AvgIpc) is 2.42. The number of aliphatic carboxylic acids is 1. The van der Waals surface area contributed by atoms with Crippen molar-refractivity contribution in [1.82, 2.24) is 4.90 Å². The lowest BCUT2D eigenvalue weighted by Crippen LogP contribution is -2.35. The van der Waals surface area contributed by atoms with Gasteiger partial charge >= 0.3 is 5.97 Å². The zero-order valence-corrected chi connectivity index (χ0v) is 10.6. The van der Waals surface area contributed by atoms with E-state index in [0.717, 1.165) is 0 Å². The van der Waals surface area contributed by atoms with Gasteiger partial charge in [0.2, 0.25) is 0 Å². The zero-order valence-electron chi connectivity index (χ0n) is 10.6. The van der Waals surface area contributed by atoms with Crippen LogP contribution in [0.1, 0.15) is 17.3 Å².